The van der Waals surface area contributed by atoms with Crippen LogP contribution in [0.3, 0.4) is 0 Å². The molecule has 0 aromatic rings. The van der Waals surface area contributed by atoms with Gasteiger partial charge in [0, 0.05) is 6.54 Å². The summed E-state index contributed by atoms with van der Waals surface area (Å²) in [4.78, 5) is 23.2. The van der Waals surface area contributed by atoms with Gasteiger partial charge < -0.3 is 10.4 Å². The third-order valence-corrected chi connectivity index (χ3v) is 4.44. The van der Waals surface area contributed by atoms with Crippen molar-refractivity contribution >= 4 is 11.9 Å². The van der Waals surface area contributed by atoms with Gasteiger partial charge >= 0.3 is 5.97 Å². The number of amides is 1. The van der Waals surface area contributed by atoms with Crippen LogP contribution in [0.1, 0.15) is 45.4 Å². The van der Waals surface area contributed by atoms with Gasteiger partial charge in [0.1, 0.15) is 0 Å². The van der Waals surface area contributed by atoms with Crippen molar-refractivity contribution in [2.24, 2.45) is 23.7 Å². The van der Waals surface area contributed by atoms with E-state index in [2.05, 4.69) is 12.2 Å². The number of carbonyl (C=O) groups is 2. The van der Waals surface area contributed by atoms with Gasteiger partial charge in [-0.25, -0.2) is 0 Å². The van der Waals surface area contributed by atoms with Gasteiger partial charge in [0.25, 0.3) is 0 Å². The minimum atomic E-state index is -0.812. The number of hydrogen-bond donors (Lipinski definition) is 2. The Bertz CT molecular complexity index is 325. The molecule has 1 amide bonds. The van der Waals surface area contributed by atoms with Crippen LogP contribution >= 0.6 is 0 Å². The number of carboxylic acids is 1. The Morgan fingerprint density at radius 2 is 1.83 bits per heavy atom. The minimum Gasteiger partial charge on any atom is -0.481 e. The fourth-order valence-electron chi connectivity index (χ4n) is 2.98. The first-order chi connectivity index (χ1) is 8.61. The van der Waals surface area contributed by atoms with Crippen molar-refractivity contribution in [2.75, 3.05) is 6.54 Å². The molecule has 4 heteroatoms. The van der Waals surface area contributed by atoms with Gasteiger partial charge in [-0.3, -0.25) is 9.59 Å². The molecular formula is C14H23NO3. The van der Waals surface area contributed by atoms with Crippen LogP contribution in [0.5, 0.6) is 0 Å². The summed E-state index contributed by atoms with van der Waals surface area (Å²) in [5.41, 5.74) is 0. The molecule has 18 heavy (non-hydrogen) atoms. The summed E-state index contributed by atoms with van der Waals surface area (Å²) in [6.07, 6.45) is 5.99. The molecule has 2 aliphatic carbocycles. The number of carbonyl (C=O) groups excluding carboxylic acids is 1. The summed E-state index contributed by atoms with van der Waals surface area (Å²) in [7, 11) is 0. The maximum absolute atomic E-state index is 12.0. The highest BCUT2D eigenvalue weighted by atomic mass is 16.4. The molecular weight excluding hydrogens is 230 g/mol. The highest BCUT2D eigenvalue weighted by molar-refractivity contribution is 5.85. The Labute approximate surface area is 108 Å². The van der Waals surface area contributed by atoms with E-state index in [1.165, 1.54) is 12.8 Å². The normalized spacial score (nSPS) is 31.3. The zero-order valence-corrected chi connectivity index (χ0v) is 11.0. The van der Waals surface area contributed by atoms with Crippen molar-refractivity contribution in [3.05, 3.63) is 0 Å². The SMILES string of the molecule is CCC1C[C@H](C(=O)NCCC2CC2)[C@H](C(=O)O)C1. The highest BCUT2D eigenvalue weighted by Crippen LogP contribution is 2.38. The first kappa shape index (κ1) is 13.4. The summed E-state index contributed by atoms with van der Waals surface area (Å²) in [6, 6.07) is 0. The van der Waals surface area contributed by atoms with E-state index in [4.69, 9.17) is 0 Å². The van der Waals surface area contributed by atoms with Gasteiger partial charge in [0.15, 0.2) is 0 Å². The van der Waals surface area contributed by atoms with Crippen LogP contribution in [-0.4, -0.2) is 23.5 Å². The van der Waals surface area contributed by atoms with Crippen molar-refractivity contribution in [3.63, 3.8) is 0 Å². The average Bonchev–Trinajstić information content (AvgIpc) is 3.05. The molecule has 2 saturated carbocycles. The third kappa shape index (κ3) is 3.24. The van der Waals surface area contributed by atoms with Crippen molar-refractivity contribution in [2.45, 2.75) is 45.4 Å². The maximum Gasteiger partial charge on any atom is 0.307 e. The van der Waals surface area contributed by atoms with E-state index in [9.17, 15) is 14.7 Å². The van der Waals surface area contributed by atoms with Crippen LogP contribution in [0.15, 0.2) is 0 Å². The Balaban J connectivity index is 1.83. The van der Waals surface area contributed by atoms with Gasteiger partial charge in [-0.15, -0.1) is 0 Å². The molecule has 2 fully saturated rings. The maximum atomic E-state index is 12.0. The summed E-state index contributed by atoms with van der Waals surface area (Å²) in [6.45, 7) is 2.78. The third-order valence-electron chi connectivity index (χ3n) is 4.44. The first-order valence-corrected chi connectivity index (χ1v) is 7.12. The Hall–Kier alpha value is -1.06. The summed E-state index contributed by atoms with van der Waals surface area (Å²) in [5.74, 6) is -0.451. The Kier molecular flexibility index (Phi) is 4.25. The summed E-state index contributed by atoms with van der Waals surface area (Å²) >= 11 is 0. The van der Waals surface area contributed by atoms with Crippen molar-refractivity contribution in [3.8, 4) is 0 Å². The fourth-order valence-corrected chi connectivity index (χ4v) is 2.98. The zero-order chi connectivity index (χ0) is 13.1. The second kappa shape index (κ2) is 5.72. The molecule has 0 heterocycles. The number of carboxylic acid groups (broad SMARTS) is 1. The van der Waals surface area contributed by atoms with Crippen LogP contribution < -0.4 is 5.32 Å². The molecule has 4 nitrogen and oxygen atoms in total. The average molecular weight is 253 g/mol. The van der Waals surface area contributed by atoms with E-state index < -0.39 is 11.9 Å². The lowest BCUT2D eigenvalue weighted by Crippen LogP contribution is -2.35. The van der Waals surface area contributed by atoms with Gasteiger partial charge in [-0.05, 0) is 31.1 Å². The number of rotatable bonds is 6. The van der Waals surface area contributed by atoms with E-state index in [1.807, 2.05) is 0 Å². The monoisotopic (exact) mass is 253 g/mol. The van der Waals surface area contributed by atoms with Crippen LogP contribution in [0.25, 0.3) is 0 Å². The molecule has 0 saturated heterocycles. The lowest BCUT2D eigenvalue weighted by molar-refractivity contribution is -0.146. The van der Waals surface area contributed by atoms with Crippen molar-refractivity contribution < 1.29 is 14.7 Å². The zero-order valence-electron chi connectivity index (χ0n) is 11.0. The van der Waals surface area contributed by atoms with Gasteiger partial charge in [-0.2, -0.15) is 0 Å². The Morgan fingerprint density at radius 1 is 1.17 bits per heavy atom. The smallest absolute Gasteiger partial charge is 0.307 e. The first-order valence-electron chi connectivity index (χ1n) is 7.12. The molecule has 0 aliphatic heterocycles. The summed E-state index contributed by atoms with van der Waals surface area (Å²) < 4.78 is 0. The fraction of sp³-hybridized carbons (Fsp3) is 0.857. The molecule has 2 rings (SSSR count). The predicted molar refractivity (Wildman–Crippen MR) is 68.0 cm³/mol. The van der Waals surface area contributed by atoms with Crippen molar-refractivity contribution in [1.82, 2.24) is 5.32 Å². The lowest BCUT2D eigenvalue weighted by Gasteiger charge is -2.15. The van der Waals surface area contributed by atoms with Gasteiger partial charge in [0.2, 0.25) is 5.91 Å². The van der Waals surface area contributed by atoms with Gasteiger partial charge in [-0.1, -0.05) is 26.2 Å². The molecule has 0 radical (unpaired) electrons. The standard InChI is InChI=1S/C14H23NO3/c1-2-9-7-11(12(8-9)14(17)18)13(16)15-6-5-10-3-4-10/h9-12H,2-8H2,1H3,(H,15,16)(H,17,18)/t9?,11-,12+/m0/s1. The second-order valence-electron chi connectivity index (χ2n) is 5.82. The molecule has 3 atom stereocenters. The quantitative estimate of drug-likeness (QED) is 0.761. The molecule has 0 aromatic carbocycles. The predicted octanol–water partition coefficient (Wildman–Crippen LogP) is 2.04. The van der Waals surface area contributed by atoms with Gasteiger partial charge in [0.05, 0.1) is 11.8 Å². The van der Waals surface area contributed by atoms with E-state index in [0.717, 1.165) is 25.2 Å². The molecule has 0 spiro atoms. The van der Waals surface area contributed by atoms with E-state index in [0.29, 0.717) is 18.9 Å². The van der Waals surface area contributed by atoms with Crippen LogP contribution in [0, 0.1) is 23.7 Å². The minimum absolute atomic E-state index is 0.0426. The van der Waals surface area contributed by atoms with Crippen LogP contribution in [-0.2, 0) is 9.59 Å². The number of nitrogens with one attached hydrogen (secondary N) is 1. The number of hydrogen-bond acceptors (Lipinski definition) is 2. The number of aliphatic carboxylic acids is 1. The molecule has 0 aromatic heterocycles. The summed E-state index contributed by atoms with van der Waals surface area (Å²) in [5, 5.41) is 12.1. The van der Waals surface area contributed by atoms with E-state index in [1.54, 1.807) is 0 Å². The van der Waals surface area contributed by atoms with Crippen LogP contribution in [0.4, 0.5) is 0 Å². The largest absolute Gasteiger partial charge is 0.481 e. The molecule has 2 aliphatic rings. The molecule has 1 unspecified atom stereocenters. The van der Waals surface area contributed by atoms with Crippen molar-refractivity contribution in [1.29, 1.82) is 0 Å². The Morgan fingerprint density at radius 3 is 2.39 bits per heavy atom. The molecule has 102 valence electrons. The molecule has 0 bridgehead atoms. The van der Waals surface area contributed by atoms with Crippen LogP contribution in [0.2, 0.25) is 0 Å². The topological polar surface area (TPSA) is 66.4 Å². The lowest BCUT2D eigenvalue weighted by atomic mass is 9.95. The highest BCUT2D eigenvalue weighted by Gasteiger charge is 2.41. The molecule has 2 N–H and O–H groups in total. The second-order valence-corrected chi connectivity index (χ2v) is 5.82. The van der Waals surface area contributed by atoms with E-state index >= 15 is 0 Å². The van der Waals surface area contributed by atoms with E-state index in [-0.39, 0.29) is 11.8 Å².